The van der Waals surface area contributed by atoms with Crippen LogP contribution in [0.5, 0.6) is 5.75 Å². The molecule has 0 aromatic carbocycles. The van der Waals surface area contributed by atoms with Crippen LogP contribution in [0.2, 0.25) is 0 Å². The molecule has 0 fully saturated rings. The number of carbonyl (C=O) groups excluding carboxylic acids is 1. The summed E-state index contributed by atoms with van der Waals surface area (Å²) >= 11 is 0. The van der Waals surface area contributed by atoms with Crippen molar-refractivity contribution in [3.63, 3.8) is 0 Å². The normalized spacial score (nSPS) is 12.9. The molecule has 1 amide bonds. The van der Waals surface area contributed by atoms with Crippen LogP contribution in [-0.4, -0.2) is 22.5 Å². The summed E-state index contributed by atoms with van der Waals surface area (Å²) in [7, 11) is 0. The summed E-state index contributed by atoms with van der Waals surface area (Å²) < 4.78 is 18.0. The average Bonchev–Trinajstić information content (AvgIpc) is 2.31. The van der Waals surface area contributed by atoms with Gasteiger partial charge in [0.1, 0.15) is 5.75 Å². The SMILES string of the molecule is CCC(C)(C)NC(=O)C(C)Oc1ccc(F)nc1. The molecule has 0 aliphatic carbocycles. The number of carbonyl (C=O) groups is 1. The van der Waals surface area contributed by atoms with Gasteiger partial charge >= 0.3 is 0 Å². The molecule has 1 atom stereocenters. The molecule has 100 valence electrons. The summed E-state index contributed by atoms with van der Waals surface area (Å²) in [6.45, 7) is 7.52. The number of rotatable bonds is 5. The van der Waals surface area contributed by atoms with Crippen molar-refractivity contribution in [2.45, 2.75) is 45.8 Å². The van der Waals surface area contributed by atoms with Gasteiger partial charge in [0.2, 0.25) is 5.95 Å². The maximum atomic E-state index is 12.6. The summed E-state index contributed by atoms with van der Waals surface area (Å²) in [5.74, 6) is -0.411. The first-order valence-electron chi connectivity index (χ1n) is 5.94. The van der Waals surface area contributed by atoms with Gasteiger partial charge in [0.25, 0.3) is 5.91 Å². The molecule has 4 nitrogen and oxygen atoms in total. The van der Waals surface area contributed by atoms with Crippen LogP contribution in [0, 0.1) is 5.95 Å². The highest BCUT2D eigenvalue weighted by molar-refractivity contribution is 5.81. The minimum Gasteiger partial charge on any atom is -0.479 e. The maximum absolute atomic E-state index is 12.6. The molecule has 0 bridgehead atoms. The number of nitrogens with one attached hydrogen (secondary N) is 1. The molecule has 0 spiro atoms. The molecule has 1 aromatic heterocycles. The first-order valence-corrected chi connectivity index (χ1v) is 5.94. The molecule has 0 saturated carbocycles. The fourth-order valence-corrected chi connectivity index (χ4v) is 1.21. The molecule has 0 radical (unpaired) electrons. The van der Waals surface area contributed by atoms with E-state index in [1.807, 2.05) is 20.8 Å². The molecule has 1 unspecified atom stereocenters. The van der Waals surface area contributed by atoms with Crippen LogP contribution in [0.4, 0.5) is 4.39 Å². The second kappa shape index (κ2) is 5.80. The Morgan fingerprint density at radius 2 is 2.22 bits per heavy atom. The van der Waals surface area contributed by atoms with Crippen LogP contribution in [0.25, 0.3) is 0 Å². The highest BCUT2D eigenvalue weighted by Crippen LogP contribution is 2.12. The second-order valence-corrected chi connectivity index (χ2v) is 4.80. The highest BCUT2D eigenvalue weighted by Gasteiger charge is 2.22. The lowest BCUT2D eigenvalue weighted by Gasteiger charge is -2.26. The zero-order valence-corrected chi connectivity index (χ0v) is 11.2. The van der Waals surface area contributed by atoms with Gasteiger partial charge in [-0.15, -0.1) is 0 Å². The predicted octanol–water partition coefficient (Wildman–Crippen LogP) is 2.29. The molecule has 1 rings (SSSR count). The third-order valence-electron chi connectivity index (χ3n) is 2.73. The third-order valence-corrected chi connectivity index (χ3v) is 2.73. The van der Waals surface area contributed by atoms with Gasteiger partial charge in [-0.1, -0.05) is 6.92 Å². The van der Waals surface area contributed by atoms with Crippen LogP contribution < -0.4 is 10.1 Å². The lowest BCUT2D eigenvalue weighted by molar-refractivity contribution is -0.128. The van der Waals surface area contributed by atoms with Crippen LogP contribution in [0.1, 0.15) is 34.1 Å². The van der Waals surface area contributed by atoms with Crippen LogP contribution >= 0.6 is 0 Å². The van der Waals surface area contributed by atoms with E-state index in [1.165, 1.54) is 18.3 Å². The lowest BCUT2D eigenvalue weighted by atomic mass is 10.0. The number of hydrogen-bond donors (Lipinski definition) is 1. The van der Waals surface area contributed by atoms with Crippen molar-refractivity contribution < 1.29 is 13.9 Å². The maximum Gasteiger partial charge on any atom is 0.261 e. The van der Waals surface area contributed by atoms with E-state index in [2.05, 4.69) is 10.3 Å². The summed E-state index contributed by atoms with van der Waals surface area (Å²) in [6, 6.07) is 2.63. The van der Waals surface area contributed by atoms with Crippen LogP contribution in [0.15, 0.2) is 18.3 Å². The molecule has 0 aliphatic rings. The molecule has 1 heterocycles. The van der Waals surface area contributed by atoms with Crippen molar-refractivity contribution in [1.29, 1.82) is 0 Å². The number of halogens is 1. The van der Waals surface area contributed by atoms with E-state index < -0.39 is 12.1 Å². The number of ether oxygens (including phenoxy) is 1. The van der Waals surface area contributed by atoms with Crippen molar-refractivity contribution in [2.24, 2.45) is 0 Å². The van der Waals surface area contributed by atoms with Crippen molar-refractivity contribution in [2.75, 3.05) is 0 Å². The van der Waals surface area contributed by atoms with Gasteiger partial charge in [-0.3, -0.25) is 4.79 Å². The van der Waals surface area contributed by atoms with Gasteiger partial charge < -0.3 is 10.1 Å². The van der Waals surface area contributed by atoms with E-state index in [9.17, 15) is 9.18 Å². The van der Waals surface area contributed by atoms with Gasteiger partial charge in [-0.05, 0) is 39.3 Å². The Kier molecular flexibility index (Phi) is 4.64. The second-order valence-electron chi connectivity index (χ2n) is 4.80. The minimum atomic E-state index is -0.650. The number of pyridine rings is 1. The Bertz CT molecular complexity index is 404. The molecule has 1 aromatic rings. The summed E-state index contributed by atoms with van der Waals surface area (Å²) in [5.41, 5.74) is -0.268. The summed E-state index contributed by atoms with van der Waals surface area (Å²) in [4.78, 5) is 15.3. The van der Waals surface area contributed by atoms with Crippen molar-refractivity contribution in [3.05, 3.63) is 24.3 Å². The highest BCUT2D eigenvalue weighted by atomic mass is 19.1. The quantitative estimate of drug-likeness (QED) is 0.820. The van der Waals surface area contributed by atoms with E-state index in [1.54, 1.807) is 6.92 Å². The third kappa shape index (κ3) is 4.31. The van der Waals surface area contributed by atoms with Gasteiger partial charge in [0.05, 0.1) is 6.20 Å². The van der Waals surface area contributed by atoms with Crippen molar-refractivity contribution in [1.82, 2.24) is 10.3 Å². The number of hydrogen-bond acceptors (Lipinski definition) is 3. The Morgan fingerprint density at radius 1 is 1.56 bits per heavy atom. The van der Waals surface area contributed by atoms with Crippen molar-refractivity contribution in [3.8, 4) is 5.75 Å². The molecule has 0 saturated heterocycles. The first-order chi connectivity index (χ1) is 8.34. The summed E-state index contributed by atoms with van der Waals surface area (Å²) in [6.07, 6.45) is 1.43. The topological polar surface area (TPSA) is 51.2 Å². The molecule has 0 aliphatic heterocycles. The molecule has 18 heavy (non-hydrogen) atoms. The lowest BCUT2D eigenvalue weighted by Crippen LogP contribution is -2.48. The zero-order valence-electron chi connectivity index (χ0n) is 11.2. The summed E-state index contributed by atoms with van der Waals surface area (Å²) in [5, 5.41) is 2.88. The number of nitrogens with zero attached hydrogens (tertiary/aromatic N) is 1. The van der Waals surface area contributed by atoms with Gasteiger partial charge in [0, 0.05) is 5.54 Å². The van der Waals surface area contributed by atoms with Gasteiger partial charge in [-0.25, -0.2) is 4.98 Å². The molecule has 5 heteroatoms. The van der Waals surface area contributed by atoms with Gasteiger partial charge in [0.15, 0.2) is 6.10 Å². The minimum absolute atomic E-state index is 0.203. The first kappa shape index (κ1) is 14.4. The van der Waals surface area contributed by atoms with Gasteiger partial charge in [-0.2, -0.15) is 4.39 Å². The zero-order chi connectivity index (χ0) is 13.8. The van der Waals surface area contributed by atoms with E-state index in [0.29, 0.717) is 5.75 Å². The Hall–Kier alpha value is -1.65. The van der Waals surface area contributed by atoms with E-state index in [4.69, 9.17) is 4.74 Å². The fourth-order valence-electron chi connectivity index (χ4n) is 1.21. The number of amides is 1. The smallest absolute Gasteiger partial charge is 0.261 e. The average molecular weight is 254 g/mol. The van der Waals surface area contributed by atoms with E-state index in [0.717, 1.165) is 6.42 Å². The molecular formula is C13H19FN2O2. The monoisotopic (exact) mass is 254 g/mol. The molecular weight excluding hydrogens is 235 g/mol. The molecule has 1 N–H and O–H groups in total. The van der Waals surface area contributed by atoms with Crippen molar-refractivity contribution >= 4 is 5.91 Å². The standard InChI is InChI=1S/C13H19FN2O2/c1-5-13(3,4)16-12(17)9(2)18-10-6-7-11(14)15-8-10/h6-9H,5H2,1-4H3,(H,16,17). The van der Waals surface area contributed by atoms with E-state index >= 15 is 0 Å². The van der Waals surface area contributed by atoms with Crippen LogP contribution in [-0.2, 0) is 4.79 Å². The Balaban J connectivity index is 2.57. The fraction of sp³-hybridized carbons (Fsp3) is 0.538. The Morgan fingerprint density at radius 3 is 2.72 bits per heavy atom. The largest absolute Gasteiger partial charge is 0.479 e. The van der Waals surface area contributed by atoms with E-state index in [-0.39, 0.29) is 11.4 Å². The predicted molar refractivity (Wildman–Crippen MR) is 66.8 cm³/mol. The Labute approximate surface area is 107 Å². The van der Waals surface area contributed by atoms with Crippen LogP contribution in [0.3, 0.4) is 0 Å². The number of aromatic nitrogens is 1.